The molecule has 170 valence electrons. The molecule has 3 nitrogen and oxygen atoms in total. The van der Waals surface area contributed by atoms with Gasteiger partial charge in [-0.05, 0) is 81.1 Å². The third-order valence-electron chi connectivity index (χ3n) is 6.60. The Hall–Kier alpha value is -0.870. The van der Waals surface area contributed by atoms with Crippen molar-refractivity contribution in [2.45, 2.75) is 71.3 Å². The molecule has 1 aliphatic heterocycles. The van der Waals surface area contributed by atoms with Crippen LogP contribution in [0.2, 0.25) is 5.02 Å². The highest BCUT2D eigenvalue weighted by Crippen LogP contribution is 2.33. The quantitative estimate of drug-likeness (QED) is 0.276. The van der Waals surface area contributed by atoms with Gasteiger partial charge in [0.2, 0.25) is 0 Å². The molecule has 1 aromatic rings. The van der Waals surface area contributed by atoms with Crippen LogP contribution in [0.4, 0.5) is 0 Å². The molecule has 1 aliphatic rings. The Morgan fingerprint density at radius 1 is 1.17 bits per heavy atom. The maximum atomic E-state index is 6.12. The smallest absolute Gasteiger partial charge is 0.0700 e. The monoisotopic (exact) mass is 435 g/mol. The largest absolute Gasteiger partial charge is 0.382 e. The van der Waals surface area contributed by atoms with Gasteiger partial charge in [-0.15, -0.1) is 0 Å². The summed E-state index contributed by atoms with van der Waals surface area (Å²) in [5.41, 5.74) is 2.95. The molecule has 1 atom stereocenters. The minimum atomic E-state index is 0.103. The summed E-state index contributed by atoms with van der Waals surface area (Å²) in [6.07, 6.45) is 8.47. The highest BCUT2D eigenvalue weighted by atomic mass is 35.5. The third kappa shape index (κ3) is 8.34. The Bertz CT molecular complexity index is 633. The van der Waals surface area contributed by atoms with Crippen LogP contribution in [-0.2, 0) is 14.9 Å². The number of hydrogen-bond acceptors (Lipinski definition) is 3. The number of methoxy groups -OCH3 is 1. The van der Waals surface area contributed by atoms with Crippen molar-refractivity contribution >= 4 is 11.6 Å². The van der Waals surface area contributed by atoms with Crippen LogP contribution in [0.5, 0.6) is 0 Å². The van der Waals surface area contributed by atoms with E-state index < -0.39 is 0 Å². The van der Waals surface area contributed by atoms with Crippen LogP contribution >= 0.6 is 11.6 Å². The van der Waals surface area contributed by atoms with E-state index in [9.17, 15) is 0 Å². The lowest BCUT2D eigenvalue weighted by Crippen LogP contribution is -2.43. The number of likely N-dealkylation sites (tertiary alicyclic amines) is 1. The van der Waals surface area contributed by atoms with Crippen LogP contribution in [0.3, 0.4) is 0 Å². The predicted octanol–water partition coefficient (Wildman–Crippen LogP) is 6.50. The van der Waals surface area contributed by atoms with Gasteiger partial charge in [-0.1, -0.05) is 56.2 Å². The van der Waals surface area contributed by atoms with Gasteiger partial charge < -0.3 is 9.47 Å². The van der Waals surface area contributed by atoms with Gasteiger partial charge in [-0.3, -0.25) is 4.90 Å². The minimum Gasteiger partial charge on any atom is -0.382 e. The molecule has 1 saturated heterocycles. The SMILES string of the molecule is CC/C(C)=C/C(CC(C)(C)c1ccc(Cl)cc1)N1CCC(CCOCCOC)CC1. The average Bonchev–Trinajstić information content (AvgIpc) is 2.73. The van der Waals surface area contributed by atoms with Crippen molar-refractivity contribution in [1.29, 1.82) is 0 Å². The van der Waals surface area contributed by atoms with Gasteiger partial charge in [-0.25, -0.2) is 0 Å². The van der Waals surface area contributed by atoms with Crippen molar-refractivity contribution in [1.82, 2.24) is 4.90 Å². The lowest BCUT2D eigenvalue weighted by Gasteiger charge is -2.40. The van der Waals surface area contributed by atoms with Crippen LogP contribution in [0.15, 0.2) is 35.9 Å². The highest BCUT2D eigenvalue weighted by Gasteiger charge is 2.30. The summed E-state index contributed by atoms with van der Waals surface area (Å²) in [5.74, 6) is 0.782. The van der Waals surface area contributed by atoms with Crippen molar-refractivity contribution in [3.63, 3.8) is 0 Å². The van der Waals surface area contributed by atoms with Crippen LogP contribution in [0.1, 0.15) is 65.4 Å². The maximum Gasteiger partial charge on any atom is 0.0700 e. The summed E-state index contributed by atoms with van der Waals surface area (Å²) < 4.78 is 10.7. The highest BCUT2D eigenvalue weighted by molar-refractivity contribution is 6.30. The molecule has 4 heteroatoms. The Morgan fingerprint density at radius 2 is 1.83 bits per heavy atom. The van der Waals surface area contributed by atoms with E-state index in [1.807, 2.05) is 12.1 Å². The standard InChI is InChI=1S/C26H42ClNO2/c1-6-21(2)19-25(20-26(3,4)23-7-9-24(27)10-8-23)28-14-11-22(12-15-28)13-16-30-18-17-29-5/h7-10,19,22,25H,6,11-18,20H2,1-5H3/b21-19+. The van der Waals surface area contributed by atoms with E-state index in [1.165, 1.54) is 43.5 Å². The second-order valence-corrected chi connectivity index (χ2v) is 9.84. The van der Waals surface area contributed by atoms with E-state index >= 15 is 0 Å². The van der Waals surface area contributed by atoms with Crippen molar-refractivity contribution in [2.24, 2.45) is 5.92 Å². The summed E-state index contributed by atoms with van der Waals surface area (Å²) in [5, 5.41) is 0.807. The second-order valence-electron chi connectivity index (χ2n) is 9.40. The van der Waals surface area contributed by atoms with Gasteiger partial charge in [0, 0.05) is 24.8 Å². The molecule has 0 spiro atoms. The topological polar surface area (TPSA) is 21.7 Å². The van der Waals surface area contributed by atoms with E-state index in [0.717, 1.165) is 30.4 Å². The number of allylic oxidation sites excluding steroid dienone is 1. The van der Waals surface area contributed by atoms with E-state index in [1.54, 1.807) is 7.11 Å². The van der Waals surface area contributed by atoms with Gasteiger partial charge >= 0.3 is 0 Å². The molecule has 0 N–H and O–H groups in total. The zero-order valence-electron chi connectivity index (χ0n) is 19.8. The van der Waals surface area contributed by atoms with E-state index in [-0.39, 0.29) is 5.41 Å². The minimum absolute atomic E-state index is 0.103. The average molecular weight is 436 g/mol. The molecule has 1 unspecified atom stereocenters. The van der Waals surface area contributed by atoms with Crippen molar-refractivity contribution < 1.29 is 9.47 Å². The summed E-state index contributed by atoms with van der Waals surface area (Å²) in [6.45, 7) is 13.9. The lowest BCUT2D eigenvalue weighted by atomic mass is 9.78. The van der Waals surface area contributed by atoms with Crippen LogP contribution in [0.25, 0.3) is 0 Å². The van der Waals surface area contributed by atoms with Crippen molar-refractivity contribution in [3.05, 3.63) is 46.5 Å². The lowest BCUT2D eigenvalue weighted by molar-refractivity contribution is 0.0549. The molecule has 0 bridgehead atoms. The Morgan fingerprint density at radius 3 is 2.43 bits per heavy atom. The van der Waals surface area contributed by atoms with Gasteiger partial charge in [0.25, 0.3) is 0 Å². The van der Waals surface area contributed by atoms with Crippen LogP contribution < -0.4 is 0 Å². The molecular weight excluding hydrogens is 394 g/mol. The number of rotatable bonds is 12. The second kappa shape index (κ2) is 12.9. The molecule has 2 rings (SSSR count). The molecule has 0 saturated carbocycles. The number of benzene rings is 1. The zero-order chi connectivity index (χ0) is 22.0. The fourth-order valence-electron chi connectivity index (χ4n) is 4.35. The van der Waals surface area contributed by atoms with Crippen LogP contribution in [0, 0.1) is 5.92 Å². The van der Waals surface area contributed by atoms with Gasteiger partial charge in [0.15, 0.2) is 0 Å². The first kappa shape index (κ1) is 25.4. The third-order valence-corrected chi connectivity index (χ3v) is 6.85. The first-order chi connectivity index (χ1) is 14.4. The molecule has 1 aromatic carbocycles. The first-order valence-electron chi connectivity index (χ1n) is 11.6. The van der Waals surface area contributed by atoms with E-state index in [4.69, 9.17) is 21.1 Å². The van der Waals surface area contributed by atoms with Gasteiger partial charge in [0.1, 0.15) is 0 Å². The summed E-state index contributed by atoms with van der Waals surface area (Å²) in [4.78, 5) is 2.71. The number of nitrogens with zero attached hydrogens (tertiary/aromatic N) is 1. The molecule has 1 heterocycles. The zero-order valence-corrected chi connectivity index (χ0v) is 20.5. The molecule has 1 fully saturated rings. The Balaban J connectivity index is 1.96. The van der Waals surface area contributed by atoms with Gasteiger partial charge in [-0.2, -0.15) is 0 Å². The van der Waals surface area contributed by atoms with E-state index in [2.05, 4.69) is 50.8 Å². The van der Waals surface area contributed by atoms with Crippen molar-refractivity contribution in [2.75, 3.05) is 40.0 Å². The Kier molecular flexibility index (Phi) is 10.9. The number of hydrogen-bond donors (Lipinski definition) is 0. The van der Waals surface area contributed by atoms with Gasteiger partial charge in [0.05, 0.1) is 13.2 Å². The molecular formula is C26H42ClNO2. The number of ether oxygens (including phenoxy) is 2. The Labute approximate surface area is 189 Å². The molecule has 0 aromatic heterocycles. The summed E-state index contributed by atoms with van der Waals surface area (Å²) in [6, 6.07) is 8.88. The molecule has 0 radical (unpaired) electrons. The van der Waals surface area contributed by atoms with Crippen LogP contribution in [-0.4, -0.2) is 51.0 Å². The number of halogens is 1. The predicted molar refractivity (Wildman–Crippen MR) is 129 cm³/mol. The summed E-state index contributed by atoms with van der Waals surface area (Å²) >= 11 is 6.12. The number of piperidine rings is 1. The van der Waals surface area contributed by atoms with E-state index in [0.29, 0.717) is 19.3 Å². The first-order valence-corrected chi connectivity index (χ1v) is 12.0. The van der Waals surface area contributed by atoms with Crippen molar-refractivity contribution in [3.8, 4) is 0 Å². The fraction of sp³-hybridized carbons (Fsp3) is 0.692. The summed E-state index contributed by atoms with van der Waals surface area (Å²) in [7, 11) is 1.72. The fourth-order valence-corrected chi connectivity index (χ4v) is 4.48. The molecule has 0 amide bonds. The molecule has 30 heavy (non-hydrogen) atoms. The molecule has 0 aliphatic carbocycles. The normalized spacial score (nSPS) is 18.0. The maximum absolute atomic E-state index is 6.12.